The molecule has 0 atom stereocenters. The second-order valence-corrected chi connectivity index (χ2v) is 5.41. The summed E-state index contributed by atoms with van der Waals surface area (Å²) in [4.78, 5) is 11.6. The zero-order valence-corrected chi connectivity index (χ0v) is 11.4. The Morgan fingerprint density at radius 3 is 2.84 bits per heavy atom. The molecular formula is C15H21NO3. The van der Waals surface area contributed by atoms with E-state index in [0.29, 0.717) is 18.8 Å². The zero-order chi connectivity index (χ0) is 13.8. The number of benzene rings is 1. The van der Waals surface area contributed by atoms with E-state index in [1.54, 1.807) is 0 Å². The van der Waals surface area contributed by atoms with E-state index in [1.165, 1.54) is 5.56 Å². The van der Waals surface area contributed by atoms with Crippen LogP contribution >= 0.6 is 0 Å². The van der Waals surface area contributed by atoms with Gasteiger partial charge in [0.15, 0.2) is 6.61 Å². The van der Waals surface area contributed by atoms with E-state index in [9.17, 15) is 4.79 Å². The topological polar surface area (TPSA) is 58.6 Å². The van der Waals surface area contributed by atoms with E-state index in [2.05, 4.69) is 19.2 Å². The van der Waals surface area contributed by atoms with Crippen molar-refractivity contribution in [3.63, 3.8) is 0 Å². The summed E-state index contributed by atoms with van der Waals surface area (Å²) in [5, 5.41) is 12.0. The number of rotatable bonds is 5. The van der Waals surface area contributed by atoms with Crippen molar-refractivity contribution in [2.45, 2.75) is 44.8 Å². The summed E-state index contributed by atoms with van der Waals surface area (Å²) < 4.78 is 5.48. The molecule has 0 aliphatic heterocycles. The van der Waals surface area contributed by atoms with E-state index in [0.717, 1.165) is 5.75 Å². The third-order valence-electron chi connectivity index (χ3n) is 3.37. The van der Waals surface area contributed by atoms with Gasteiger partial charge in [-0.2, -0.15) is 0 Å². The Bertz CT molecular complexity index is 439. The molecule has 1 aliphatic carbocycles. The Labute approximate surface area is 113 Å². The molecule has 0 spiro atoms. The van der Waals surface area contributed by atoms with Gasteiger partial charge in [-0.25, -0.2) is 0 Å². The summed E-state index contributed by atoms with van der Waals surface area (Å²) in [5.41, 5.74) is 1.19. The number of aliphatic hydroxyl groups excluding tert-OH is 1. The lowest BCUT2D eigenvalue weighted by Crippen LogP contribution is -2.48. The highest BCUT2D eigenvalue weighted by molar-refractivity contribution is 5.78. The number of nitrogens with one attached hydrogen (secondary N) is 1. The van der Waals surface area contributed by atoms with Crippen LogP contribution in [0.1, 0.15) is 38.2 Å². The normalized spacial score (nSPS) is 21.9. The number of hydrogen-bond acceptors (Lipinski definition) is 3. The molecule has 1 fully saturated rings. The van der Waals surface area contributed by atoms with Crippen LogP contribution in [0.25, 0.3) is 0 Å². The SMILES string of the molecule is CC(C)c1cccc(OCC(=O)NC2CC(O)C2)c1. The van der Waals surface area contributed by atoms with Crippen LogP contribution in [-0.4, -0.2) is 29.8 Å². The Kier molecular flexibility index (Phi) is 4.43. The first kappa shape index (κ1) is 13.9. The molecular weight excluding hydrogens is 242 g/mol. The van der Waals surface area contributed by atoms with Crippen molar-refractivity contribution in [3.05, 3.63) is 29.8 Å². The number of carbonyl (C=O) groups is 1. The molecule has 4 nitrogen and oxygen atoms in total. The predicted molar refractivity (Wildman–Crippen MR) is 73.2 cm³/mol. The van der Waals surface area contributed by atoms with Gasteiger partial charge in [-0.1, -0.05) is 26.0 Å². The van der Waals surface area contributed by atoms with Crippen molar-refractivity contribution in [1.82, 2.24) is 5.32 Å². The van der Waals surface area contributed by atoms with Crippen molar-refractivity contribution >= 4 is 5.91 Å². The first-order chi connectivity index (χ1) is 9.04. The van der Waals surface area contributed by atoms with Gasteiger partial charge in [0.2, 0.25) is 0 Å². The smallest absolute Gasteiger partial charge is 0.258 e. The molecule has 0 bridgehead atoms. The molecule has 0 aromatic heterocycles. The van der Waals surface area contributed by atoms with Crippen molar-refractivity contribution in [1.29, 1.82) is 0 Å². The standard InChI is InChI=1S/C15H21NO3/c1-10(2)11-4-3-5-14(6-11)19-9-15(18)16-12-7-13(17)8-12/h3-6,10,12-13,17H,7-9H2,1-2H3,(H,16,18). The molecule has 1 aliphatic rings. The molecule has 1 aromatic rings. The van der Waals surface area contributed by atoms with Crippen LogP contribution in [-0.2, 0) is 4.79 Å². The van der Waals surface area contributed by atoms with E-state index in [4.69, 9.17) is 9.84 Å². The number of amides is 1. The summed E-state index contributed by atoms with van der Waals surface area (Å²) in [6, 6.07) is 7.91. The lowest BCUT2D eigenvalue weighted by atomic mass is 9.89. The monoisotopic (exact) mass is 263 g/mol. The molecule has 0 heterocycles. The first-order valence-corrected chi connectivity index (χ1v) is 6.75. The van der Waals surface area contributed by atoms with Crippen LogP contribution < -0.4 is 10.1 Å². The minimum Gasteiger partial charge on any atom is -0.484 e. The van der Waals surface area contributed by atoms with Gasteiger partial charge in [0, 0.05) is 6.04 Å². The highest BCUT2D eigenvalue weighted by Crippen LogP contribution is 2.21. The number of carbonyl (C=O) groups excluding carboxylic acids is 1. The highest BCUT2D eigenvalue weighted by Gasteiger charge is 2.28. The molecule has 0 radical (unpaired) electrons. The summed E-state index contributed by atoms with van der Waals surface area (Å²) in [5.74, 6) is 1.02. The van der Waals surface area contributed by atoms with Crippen molar-refractivity contribution in [2.24, 2.45) is 0 Å². The highest BCUT2D eigenvalue weighted by atomic mass is 16.5. The van der Waals surface area contributed by atoms with E-state index in [1.807, 2.05) is 24.3 Å². The summed E-state index contributed by atoms with van der Waals surface area (Å²) in [6.45, 7) is 4.26. The number of ether oxygens (including phenoxy) is 1. The van der Waals surface area contributed by atoms with Crippen LogP contribution in [0.15, 0.2) is 24.3 Å². The van der Waals surface area contributed by atoms with Crippen molar-refractivity contribution in [2.75, 3.05) is 6.61 Å². The summed E-state index contributed by atoms with van der Waals surface area (Å²) in [6.07, 6.45) is 1.04. The average molecular weight is 263 g/mol. The molecule has 0 saturated heterocycles. The fraction of sp³-hybridized carbons (Fsp3) is 0.533. The van der Waals surface area contributed by atoms with Gasteiger partial charge in [-0.15, -0.1) is 0 Å². The Morgan fingerprint density at radius 1 is 1.47 bits per heavy atom. The fourth-order valence-electron chi connectivity index (χ4n) is 2.09. The summed E-state index contributed by atoms with van der Waals surface area (Å²) >= 11 is 0. The van der Waals surface area contributed by atoms with Crippen LogP contribution in [0.2, 0.25) is 0 Å². The third-order valence-corrected chi connectivity index (χ3v) is 3.37. The molecule has 19 heavy (non-hydrogen) atoms. The Hall–Kier alpha value is -1.55. The quantitative estimate of drug-likeness (QED) is 0.852. The van der Waals surface area contributed by atoms with Crippen molar-refractivity contribution < 1.29 is 14.6 Å². The van der Waals surface area contributed by atoms with Gasteiger partial charge in [0.05, 0.1) is 6.10 Å². The van der Waals surface area contributed by atoms with E-state index >= 15 is 0 Å². The largest absolute Gasteiger partial charge is 0.484 e. The number of hydrogen-bond donors (Lipinski definition) is 2. The van der Waals surface area contributed by atoms with Gasteiger partial charge < -0.3 is 15.2 Å². The molecule has 1 amide bonds. The average Bonchev–Trinajstić information content (AvgIpc) is 2.35. The molecule has 2 rings (SSSR count). The van der Waals surface area contributed by atoms with Crippen LogP contribution in [0.3, 0.4) is 0 Å². The minimum absolute atomic E-state index is 0.0220. The molecule has 1 saturated carbocycles. The van der Waals surface area contributed by atoms with E-state index < -0.39 is 0 Å². The molecule has 4 heteroatoms. The van der Waals surface area contributed by atoms with Gasteiger partial charge in [-0.3, -0.25) is 4.79 Å². The second kappa shape index (κ2) is 6.06. The van der Waals surface area contributed by atoms with Gasteiger partial charge >= 0.3 is 0 Å². The molecule has 104 valence electrons. The molecule has 2 N–H and O–H groups in total. The van der Waals surface area contributed by atoms with Gasteiger partial charge in [0.1, 0.15) is 5.75 Å². The van der Waals surface area contributed by atoms with E-state index in [-0.39, 0.29) is 24.7 Å². The first-order valence-electron chi connectivity index (χ1n) is 6.75. The van der Waals surface area contributed by atoms with Gasteiger partial charge in [-0.05, 0) is 36.5 Å². The maximum absolute atomic E-state index is 11.6. The lowest BCUT2D eigenvalue weighted by Gasteiger charge is -2.31. The second-order valence-electron chi connectivity index (χ2n) is 5.41. The fourth-order valence-corrected chi connectivity index (χ4v) is 2.09. The minimum atomic E-state index is -0.256. The van der Waals surface area contributed by atoms with Crippen LogP contribution in [0.5, 0.6) is 5.75 Å². The maximum atomic E-state index is 11.6. The van der Waals surface area contributed by atoms with Crippen molar-refractivity contribution in [3.8, 4) is 5.75 Å². The van der Waals surface area contributed by atoms with Gasteiger partial charge in [0.25, 0.3) is 5.91 Å². The zero-order valence-electron chi connectivity index (χ0n) is 11.4. The van der Waals surface area contributed by atoms with Crippen LogP contribution in [0, 0.1) is 0 Å². The Morgan fingerprint density at radius 2 is 2.21 bits per heavy atom. The number of aliphatic hydroxyl groups is 1. The predicted octanol–water partition coefficient (Wildman–Crippen LogP) is 1.83. The maximum Gasteiger partial charge on any atom is 0.258 e. The third kappa shape index (κ3) is 3.96. The molecule has 1 aromatic carbocycles. The van der Waals surface area contributed by atoms with Crippen LogP contribution in [0.4, 0.5) is 0 Å². The lowest BCUT2D eigenvalue weighted by molar-refractivity contribution is -0.125. The Balaban J connectivity index is 1.78. The summed E-state index contributed by atoms with van der Waals surface area (Å²) in [7, 11) is 0. The molecule has 0 unspecified atom stereocenters.